The summed E-state index contributed by atoms with van der Waals surface area (Å²) in [5.41, 5.74) is 2.27. The topological polar surface area (TPSA) is 107 Å². The molecule has 0 aromatic carbocycles. The van der Waals surface area contributed by atoms with Crippen molar-refractivity contribution in [3.8, 4) is 0 Å². The third-order valence-corrected chi connectivity index (χ3v) is 3.91. The monoisotopic (exact) mass is 352 g/mol. The first-order valence-electron chi connectivity index (χ1n) is 8.10. The molecule has 26 heavy (non-hydrogen) atoms. The van der Waals surface area contributed by atoms with Gasteiger partial charge < -0.3 is 15.6 Å². The van der Waals surface area contributed by atoms with Gasteiger partial charge in [0.15, 0.2) is 0 Å². The van der Waals surface area contributed by atoms with E-state index in [0.29, 0.717) is 23.1 Å². The van der Waals surface area contributed by atoms with Gasteiger partial charge in [0.2, 0.25) is 5.95 Å². The van der Waals surface area contributed by atoms with Crippen molar-refractivity contribution in [1.82, 2.24) is 30.1 Å². The van der Waals surface area contributed by atoms with Gasteiger partial charge in [-0.05, 0) is 32.0 Å². The van der Waals surface area contributed by atoms with E-state index in [9.17, 15) is 4.39 Å². The van der Waals surface area contributed by atoms with E-state index in [1.54, 1.807) is 12.3 Å². The molecule has 0 saturated carbocycles. The van der Waals surface area contributed by atoms with Gasteiger partial charge in [0, 0.05) is 12.3 Å². The molecule has 4 rings (SSSR count). The number of aromatic amines is 2. The van der Waals surface area contributed by atoms with E-state index < -0.39 is 0 Å². The number of anilines is 3. The zero-order chi connectivity index (χ0) is 18.1. The summed E-state index contributed by atoms with van der Waals surface area (Å²) in [5, 5.41) is 14.3. The first kappa shape index (κ1) is 16.0. The number of pyridine rings is 1. The fraction of sp³-hybridized carbons (Fsp3) is 0.176. The molecular weight excluding hydrogens is 335 g/mol. The summed E-state index contributed by atoms with van der Waals surface area (Å²) in [4.78, 5) is 16.2. The Balaban J connectivity index is 1.63. The van der Waals surface area contributed by atoms with Crippen LogP contribution in [0.5, 0.6) is 0 Å². The molecule has 4 N–H and O–H groups in total. The van der Waals surface area contributed by atoms with Gasteiger partial charge in [0.1, 0.15) is 23.1 Å². The molecule has 1 atom stereocenters. The van der Waals surface area contributed by atoms with Crippen molar-refractivity contribution in [2.45, 2.75) is 19.9 Å². The Labute approximate surface area is 148 Å². The zero-order valence-corrected chi connectivity index (χ0v) is 14.2. The summed E-state index contributed by atoms with van der Waals surface area (Å²) in [7, 11) is 0. The number of halogens is 1. The molecule has 4 aromatic heterocycles. The van der Waals surface area contributed by atoms with Gasteiger partial charge >= 0.3 is 0 Å². The molecule has 0 unspecified atom stereocenters. The average molecular weight is 352 g/mol. The van der Waals surface area contributed by atoms with Crippen molar-refractivity contribution in [3.05, 3.63) is 53.9 Å². The Bertz CT molecular complexity index is 1040. The van der Waals surface area contributed by atoms with Crippen molar-refractivity contribution in [2.24, 2.45) is 0 Å². The van der Waals surface area contributed by atoms with Crippen LogP contribution in [0.4, 0.5) is 22.0 Å². The predicted octanol–water partition coefficient (Wildman–Crippen LogP) is 3.44. The summed E-state index contributed by atoms with van der Waals surface area (Å²) in [5.74, 6) is 1.44. The molecular formula is C17H17FN8. The van der Waals surface area contributed by atoms with Crippen molar-refractivity contribution < 1.29 is 4.39 Å². The second-order valence-corrected chi connectivity index (χ2v) is 5.95. The first-order chi connectivity index (χ1) is 12.6. The van der Waals surface area contributed by atoms with Crippen molar-refractivity contribution in [1.29, 1.82) is 0 Å². The van der Waals surface area contributed by atoms with Crippen LogP contribution >= 0.6 is 0 Å². The van der Waals surface area contributed by atoms with Gasteiger partial charge in [0.05, 0.1) is 29.0 Å². The molecule has 9 heteroatoms. The third-order valence-electron chi connectivity index (χ3n) is 3.91. The third kappa shape index (κ3) is 3.18. The minimum absolute atomic E-state index is 0.190. The quantitative estimate of drug-likeness (QED) is 0.438. The Hall–Kier alpha value is -3.49. The fourth-order valence-electron chi connectivity index (χ4n) is 2.63. The summed E-state index contributed by atoms with van der Waals surface area (Å²) in [6.07, 6.45) is 2.99. The van der Waals surface area contributed by atoms with Gasteiger partial charge in [-0.15, -0.1) is 0 Å². The zero-order valence-electron chi connectivity index (χ0n) is 14.2. The van der Waals surface area contributed by atoms with Crippen LogP contribution in [0.15, 0.2) is 36.7 Å². The maximum atomic E-state index is 13.0. The highest BCUT2D eigenvalue weighted by atomic mass is 19.1. The van der Waals surface area contributed by atoms with E-state index in [-0.39, 0.29) is 11.9 Å². The molecule has 132 valence electrons. The van der Waals surface area contributed by atoms with Gasteiger partial charge in [-0.3, -0.25) is 10.1 Å². The van der Waals surface area contributed by atoms with Crippen LogP contribution in [-0.2, 0) is 0 Å². The average Bonchev–Trinajstić information content (AvgIpc) is 3.24. The van der Waals surface area contributed by atoms with Crippen LogP contribution in [-0.4, -0.2) is 30.1 Å². The first-order valence-corrected chi connectivity index (χ1v) is 8.10. The number of aromatic nitrogens is 6. The van der Waals surface area contributed by atoms with Gasteiger partial charge in [-0.2, -0.15) is 15.1 Å². The predicted molar refractivity (Wildman–Crippen MR) is 96.7 cm³/mol. The summed E-state index contributed by atoms with van der Waals surface area (Å²) < 4.78 is 13.0. The van der Waals surface area contributed by atoms with Crippen molar-refractivity contribution in [2.75, 3.05) is 10.6 Å². The lowest BCUT2D eigenvalue weighted by Gasteiger charge is -2.14. The summed E-state index contributed by atoms with van der Waals surface area (Å²) >= 11 is 0. The van der Waals surface area contributed by atoms with Crippen molar-refractivity contribution in [3.63, 3.8) is 0 Å². The molecule has 4 aromatic rings. The Morgan fingerprint density at radius 2 is 2.08 bits per heavy atom. The molecule has 0 fully saturated rings. The molecule has 0 spiro atoms. The molecule has 0 radical (unpaired) electrons. The van der Waals surface area contributed by atoms with Crippen LogP contribution in [0, 0.1) is 12.7 Å². The maximum Gasteiger partial charge on any atom is 0.227 e. The number of aryl methyl sites for hydroxylation is 1. The molecule has 4 heterocycles. The highest BCUT2D eigenvalue weighted by molar-refractivity contribution is 5.89. The number of hydrogen-bond acceptors (Lipinski definition) is 6. The number of fused-ring (bicyclic) bond motifs is 1. The fourth-order valence-corrected chi connectivity index (χ4v) is 2.63. The Kier molecular flexibility index (Phi) is 3.96. The van der Waals surface area contributed by atoms with Crippen LogP contribution in [0.3, 0.4) is 0 Å². The number of nitrogens with zero attached hydrogens (tertiary/aromatic N) is 4. The molecule has 0 bridgehead atoms. The van der Waals surface area contributed by atoms with E-state index in [0.717, 1.165) is 16.9 Å². The van der Waals surface area contributed by atoms with Gasteiger partial charge in [-0.1, -0.05) is 0 Å². The second kappa shape index (κ2) is 6.43. The SMILES string of the molecule is Cc1cc(Nc2nc(N[C@@H](C)c3ccc(F)cn3)nc3[nH]ccc23)[nH]n1. The number of rotatable bonds is 5. The Morgan fingerprint density at radius 1 is 1.19 bits per heavy atom. The molecule has 8 nitrogen and oxygen atoms in total. The van der Waals surface area contributed by atoms with E-state index in [1.165, 1.54) is 12.3 Å². The highest BCUT2D eigenvalue weighted by Crippen LogP contribution is 2.25. The number of H-pyrrole nitrogens is 2. The van der Waals surface area contributed by atoms with Crippen LogP contribution in [0.2, 0.25) is 0 Å². The highest BCUT2D eigenvalue weighted by Gasteiger charge is 2.13. The molecule has 0 aliphatic heterocycles. The molecule has 0 aliphatic carbocycles. The second-order valence-electron chi connectivity index (χ2n) is 5.95. The Morgan fingerprint density at radius 3 is 2.81 bits per heavy atom. The lowest BCUT2D eigenvalue weighted by Crippen LogP contribution is -2.12. The molecule has 0 amide bonds. The van der Waals surface area contributed by atoms with E-state index >= 15 is 0 Å². The van der Waals surface area contributed by atoms with Gasteiger partial charge in [-0.25, -0.2) is 4.39 Å². The summed E-state index contributed by atoms with van der Waals surface area (Å²) in [6.45, 7) is 3.81. The smallest absolute Gasteiger partial charge is 0.227 e. The molecule has 0 saturated heterocycles. The van der Waals surface area contributed by atoms with Crippen LogP contribution in [0.25, 0.3) is 11.0 Å². The van der Waals surface area contributed by atoms with E-state index in [4.69, 9.17) is 0 Å². The lowest BCUT2D eigenvalue weighted by molar-refractivity contribution is 0.617. The van der Waals surface area contributed by atoms with E-state index in [1.807, 2.05) is 26.0 Å². The van der Waals surface area contributed by atoms with Crippen molar-refractivity contribution >= 4 is 28.6 Å². The molecule has 0 aliphatic rings. The number of hydrogen-bond donors (Lipinski definition) is 4. The normalized spacial score (nSPS) is 12.3. The van der Waals surface area contributed by atoms with Gasteiger partial charge in [0.25, 0.3) is 0 Å². The largest absolute Gasteiger partial charge is 0.346 e. The standard InChI is InChI=1S/C17H17FN8/c1-9-7-14(26-25-9)22-16-12-5-6-19-15(12)23-17(24-16)21-10(2)13-4-3-11(18)8-20-13/h3-8,10H,1-2H3,(H4,19,21,22,23,24,25,26)/t10-/m0/s1. The minimum atomic E-state index is -0.369. The van der Waals surface area contributed by atoms with Crippen LogP contribution in [0.1, 0.15) is 24.4 Å². The van der Waals surface area contributed by atoms with Crippen LogP contribution < -0.4 is 10.6 Å². The van der Waals surface area contributed by atoms with E-state index in [2.05, 4.69) is 40.8 Å². The number of nitrogens with one attached hydrogen (secondary N) is 4. The maximum absolute atomic E-state index is 13.0. The lowest BCUT2D eigenvalue weighted by atomic mass is 10.2. The minimum Gasteiger partial charge on any atom is -0.346 e. The summed E-state index contributed by atoms with van der Waals surface area (Å²) in [6, 6.07) is 6.61.